The molecule has 0 radical (unpaired) electrons. The van der Waals surface area contributed by atoms with Crippen molar-refractivity contribution < 1.29 is 13.9 Å². The zero-order valence-corrected chi connectivity index (χ0v) is 15.1. The van der Waals surface area contributed by atoms with Gasteiger partial charge in [-0.1, -0.05) is 0 Å². The first kappa shape index (κ1) is 17.2. The van der Waals surface area contributed by atoms with Crippen LogP contribution in [-0.2, 0) is 6.42 Å². The van der Waals surface area contributed by atoms with Crippen molar-refractivity contribution in [2.24, 2.45) is 0 Å². The second kappa shape index (κ2) is 7.54. The molecule has 1 saturated heterocycles. The van der Waals surface area contributed by atoms with Gasteiger partial charge in [-0.25, -0.2) is 4.39 Å². The summed E-state index contributed by atoms with van der Waals surface area (Å²) in [5, 5.41) is 3.66. The van der Waals surface area contributed by atoms with Crippen molar-refractivity contribution in [3.63, 3.8) is 0 Å². The Balaban J connectivity index is 1.56. The maximum absolute atomic E-state index is 13.2. The van der Waals surface area contributed by atoms with E-state index < -0.39 is 0 Å². The Bertz CT molecular complexity index is 744. The van der Waals surface area contributed by atoms with E-state index in [1.807, 2.05) is 6.07 Å². The molecule has 4 rings (SSSR count). The summed E-state index contributed by atoms with van der Waals surface area (Å²) in [6.07, 6.45) is 3.32. The fraction of sp³-hybridized carbons (Fsp3) is 0.429. The van der Waals surface area contributed by atoms with Gasteiger partial charge in [0.1, 0.15) is 23.4 Å². The SMILES string of the molecule is COc1ccc2c(c1)C[C@@H](Oc1ccc(F)cc1)[C@@H](CN1CCCC1)N2. The quantitative estimate of drug-likeness (QED) is 0.885. The molecule has 0 amide bonds. The number of rotatable bonds is 5. The summed E-state index contributed by atoms with van der Waals surface area (Å²) >= 11 is 0. The van der Waals surface area contributed by atoms with Gasteiger partial charge in [-0.2, -0.15) is 0 Å². The highest BCUT2D eigenvalue weighted by atomic mass is 19.1. The topological polar surface area (TPSA) is 33.7 Å². The predicted octanol–water partition coefficient (Wildman–Crippen LogP) is 3.71. The van der Waals surface area contributed by atoms with E-state index >= 15 is 0 Å². The minimum Gasteiger partial charge on any atom is -0.497 e. The number of hydrogen-bond donors (Lipinski definition) is 1. The van der Waals surface area contributed by atoms with Crippen molar-refractivity contribution in [3.05, 3.63) is 53.8 Å². The highest BCUT2D eigenvalue weighted by Crippen LogP contribution is 2.31. The molecule has 0 bridgehead atoms. The van der Waals surface area contributed by atoms with Gasteiger partial charge >= 0.3 is 0 Å². The first-order chi connectivity index (χ1) is 12.7. The Morgan fingerprint density at radius 3 is 2.54 bits per heavy atom. The predicted molar refractivity (Wildman–Crippen MR) is 101 cm³/mol. The summed E-state index contributed by atoms with van der Waals surface area (Å²) in [7, 11) is 1.68. The molecular formula is C21H25FN2O2. The van der Waals surface area contributed by atoms with Gasteiger partial charge in [0.15, 0.2) is 0 Å². The average molecular weight is 356 g/mol. The molecule has 0 unspecified atom stereocenters. The number of ether oxygens (including phenoxy) is 2. The molecule has 0 aliphatic carbocycles. The van der Waals surface area contributed by atoms with Crippen LogP contribution in [0.15, 0.2) is 42.5 Å². The van der Waals surface area contributed by atoms with Crippen molar-refractivity contribution in [1.82, 2.24) is 4.90 Å². The van der Waals surface area contributed by atoms with Crippen molar-refractivity contribution in [3.8, 4) is 11.5 Å². The van der Waals surface area contributed by atoms with Gasteiger partial charge in [0.2, 0.25) is 0 Å². The Hall–Kier alpha value is -2.27. The molecule has 1 N–H and O–H groups in total. The average Bonchev–Trinajstić information content (AvgIpc) is 3.17. The molecule has 4 nitrogen and oxygen atoms in total. The third kappa shape index (κ3) is 3.78. The molecule has 5 heteroatoms. The Kier molecular flexibility index (Phi) is 4.98. The van der Waals surface area contributed by atoms with Gasteiger partial charge in [0, 0.05) is 18.7 Å². The van der Waals surface area contributed by atoms with Crippen molar-refractivity contribution in [2.45, 2.75) is 31.4 Å². The lowest BCUT2D eigenvalue weighted by atomic mass is 9.94. The monoisotopic (exact) mass is 356 g/mol. The van der Waals surface area contributed by atoms with Crippen LogP contribution in [0.3, 0.4) is 0 Å². The lowest BCUT2D eigenvalue weighted by molar-refractivity contribution is 0.151. The van der Waals surface area contributed by atoms with Crippen molar-refractivity contribution in [2.75, 3.05) is 32.1 Å². The van der Waals surface area contributed by atoms with E-state index in [-0.39, 0.29) is 18.0 Å². The van der Waals surface area contributed by atoms with Crippen LogP contribution in [-0.4, -0.2) is 43.8 Å². The van der Waals surface area contributed by atoms with Crippen molar-refractivity contribution >= 4 is 5.69 Å². The largest absolute Gasteiger partial charge is 0.497 e. The molecule has 2 aliphatic heterocycles. The lowest BCUT2D eigenvalue weighted by Gasteiger charge is -2.37. The number of methoxy groups -OCH3 is 1. The zero-order chi connectivity index (χ0) is 17.9. The molecule has 138 valence electrons. The summed E-state index contributed by atoms with van der Waals surface area (Å²) in [5.74, 6) is 1.31. The molecule has 1 fully saturated rings. The molecule has 0 saturated carbocycles. The van der Waals surface area contributed by atoms with E-state index in [1.54, 1.807) is 19.2 Å². The van der Waals surface area contributed by atoms with E-state index in [0.29, 0.717) is 5.75 Å². The van der Waals surface area contributed by atoms with Crippen LogP contribution in [0.1, 0.15) is 18.4 Å². The molecule has 2 aromatic carbocycles. The molecule has 2 atom stereocenters. The summed E-state index contributed by atoms with van der Waals surface area (Å²) < 4.78 is 24.8. The number of nitrogens with zero attached hydrogens (tertiary/aromatic N) is 1. The second-order valence-electron chi connectivity index (χ2n) is 7.10. The fourth-order valence-electron chi connectivity index (χ4n) is 3.88. The van der Waals surface area contributed by atoms with Gasteiger partial charge in [-0.15, -0.1) is 0 Å². The highest BCUT2D eigenvalue weighted by Gasteiger charge is 2.32. The summed E-state index contributed by atoms with van der Waals surface area (Å²) in [5.41, 5.74) is 2.34. The molecular weight excluding hydrogens is 331 g/mol. The highest BCUT2D eigenvalue weighted by molar-refractivity contribution is 5.57. The maximum Gasteiger partial charge on any atom is 0.124 e. The number of fused-ring (bicyclic) bond motifs is 1. The molecule has 0 aromatic heterocycles. The summed E-state index contributed by atoms with van der Waals surface area (Å²) in [6.45, 7) is 3.26. The standard InChI is InChI=1S/C21H25FN2O2/c1-25-18-8-9-19-15(12-18)13-21(26-17-6-4-16(22)5-7-17)20(23-19)14-24-10-2-3-11-24/h4-9,12,20-21,23H,2-3,10-11,13-14H2,1H3/t20-,21-/m1/s1. The second-order valence-corrected chi connectivity index (χ2v) is 7.10. The van der Waals surface area contributed by atoms with E-state index in [1.165, 1.54) is 30.5 Å². The minimum atomic E-state index is -0.247. The van der Waals surface area contributed by atoms with Gasteiger partial charge in [0.25, 0.3) is 0 Å². The van der Waals surface area contributed by atoms with Crippen LogP contribution in [0.5, 0.6) is 11.5 Å². The first-order valence-corrected chi connectivity index (χ1v) is 9.29. The molecule has 2 heterocycles. The van der Waals surface area contributed by atoms with Crippen LogP contribution < -0.4 is 14.8 Å². The first-order valence-electron chi connectivity index (χ1n) is 9.29. The van der Waals surface area contributed by atoms with E-state index in [0.717, 1.165) is 37.5 Å². The number of hydrogen-bond acceptors (Lipinski definition) is 4. The number of benzene rings is 2. The number of likely N-dealkylation sites (tertiary alicyclic amines) is 1. The smallest absolute Gasteiger partial charge is 0.124 e. The summed E-state index contributed by atoms with van der Waals surface area (Å²) in [6, 6.07) is 12.6. The van der Waals surface area contributed by atoms with Gasteiger partial charge in [0.05, 0.1) is 13.2 Å². The lowest BCUT2D eigenvalue weighted by Crippen LogP contribution is -2.49. The van der Waals surface area contributed by atoms with Crippen LogP contribution in [0, 0.1) is 5.82 Å². The Morgan fingerprint density at radius 1 is 1.08 bits per heavy atom. The Morgan fingerprint density at radius 2 is 1.81 bits per heavy atom. The van der Waals surface area contributed by atoms with Gasteiger partial charge < -0.3 is 19.7 Å². The zero-order valence-electron chi connectivity index (χ0n) is 15.1. The van der Waals surface area contributed by atoms with Gasteiger partial charge in [-0.3, -0.25) is 0 Å². The molecule has 0 spiro atoms. The van der Waals surface area contributed by atoms with E-state index in [9.17, 15) is 4.39 Å². The number of halogens is 1. The Labute approximate surface area is 153 Å². The minimum absolute atomic E-state index is 0.0133. The van der Waals surface area contributed by atoms with E-state index in [2.05, 4.69) is 22.3 Å². The van der Waals surface area contributed by atoms with Crippen molar-refractivity contribution in [1.29, 1.82) is 0 Å². The van der Waals surface area contributed by atoms with Crippen LogP contribution in [0.25, 0.3) is 0 Å². The molecule has 2 aliphatic rings. The van der Waals surface area contributed by atoms with Crippen LogP contribution >= 0.6 is 0 Å². The third-order valence-corrected chi connectivity index (χ3v) is 5.28. The molecule has 2 aromatic rings. The normalized spacial score (nSPS) is 22.5. The van der Waals surface area contributed by atoms with Gasteiger partial charge in [-0.05, 0) is 74.0 Å². The fourth-order valence-corrected chi connectivity index (χ4v) is 3.88. The number of anilines is 1. The summed E-state index contributed by atoms with van der Waals surface area (Å²) in [4.78, 5) is 2.49. The maximum atomic E-state index is 13.2. The third-order valence-electron chi connectivity index (χ3n) is 5.28. The molecule has 26 heavy (non-hydrogen) atoms. The van der Waals surface area contributed by atoms with Crippen LogP contribution in [0.2, 0.25) is 0 Å². The van der Waals surface area contributed by atoms with E-state index in [4.69, 9.17) is 9.47 Å². The number of nitrogens with one attached hydrogen (secondary N) is 1. The van der Waals surface area contributed by atoms with Crippen LogP contribution in [0.4, 0.5) is 10.1 Å².